The zero-order valence-corrected chi connectivity index (χ0v) is 9.37. The Morgan fingerprint density at radius 2 is 2.00 bits per heavy atom. The molecule has 1 saturated carbocycles. The van der Waals surface area contributed by atoms with Gasteiger partial charge >= 0.3 is 5.97 Å². The molecule has 1 aliphatic carbocycles. The molecule has 2 atom stereocenters. The maximum atomic E-state index is 10.6. The quantitative estimate of drug-likeness (QED) is 0.731. The lowest BCUT2D eigenvalue weighted by molar-refractivity contribution is -0.159. The molecule has 82 valence electrons. The summed E-state index contributed by atoms with van der Waals surface area (Å²) >= 11 is 0. The van der Waals surface area contributed by atoms with Crippen molar-refractivity contribution in [2.45, 2.75) is 46.1 Å². The van der Waals surface area contributed by atoms with Crippen molar-refractivity contribution in [1.82, 2.24) is 0 Å². The second-order valence-electron chi connectivity index (χ2n) is 5.56. The fourth-order valence-corrected chi connectivity index (χ4v) is 2.77. The van der Waals surface area contributed by atoms with Gasteiger partial charge in [0.15, 0.2) is 0 Å². The molecule has 0 heterocycles. The molecule has 0 amide bonds. The van der Waals surface area contributed by atoms with Crippen LogP contribution in [0.3, 0.4) is 0 Å². The largest absolute Gasteiger partial charge is 0.481 e. The van der Waals surface area contributed by atoms with Gasteiger partial charge in [0.05, 0.1) is 5.60 Å². The van der Waals surface area contributed by atoms with Crippen molar-refractivity contribution in [2.24, 2.45) is 17.3 Å². The summed E-state index contributed by atoms with van der Waals surface area (Å²) in [7, 11) is 0. The van der Waals surface area contributed by atoms with Crippen molar-refractivity contribution in [3.8, 4) is 0 Å². The molecule has 0 aromatic heterocycles. The Kier molecular flexibility index (Phi) is 2.65. The van der Waals surface area contributed by atoms with Crippen LogP contribution in [-0.4, -0.2) is 21.8 Å². The second-order valence-corrected chi connectivity index (χ2v) is 5.56. The van der Waals surface area contributed by atoms with E-state index in [1.54, 1.807) is 13.8 Å². The number of hydrogen-bond donors (Lipinski definition) is 2. The molecular weight excluding hydrogens is 180 g/mol. The Hall–Kier alpha value is -0.570. The molecule has 2 N–H and O–H groups in total. The molecule has 0 radical (unpaired) electrons. The van der Waals surface area contributed by atoms with Crippen LogP contribution in [0.5, 0.6) is 0 Å². The first-order chi connectivity index (χ1) is 6.15. The van der Waals surface area contributed by atoms with E-state index in [4.69, 9.17) is 5.11 Å². The smallest absolute Gasteiger partial charge is 0.303 e. The molecule has 0 bridgehead atoms. The molecule has 0 aromatic carbocycles. The minimum atomic E-state index is -0.739. The molecule has 1 rings (SSSR count). The van der Waals surface area contributed by atoms with Crippen molar-refractivity contribution in [3.05, 3.63) is 0 Å². The van der Waals surface area contributed by atoms with Crippen molar-refractivity contribution < 1.29 is 15.0 Å². The lowest BCUT2D eigenvalue weighted by Gasteiger charge is -2.56. The van der Waals surface area contributed by atoms with Crippen LogP contribution in [0.4, 0.5) is 0 Å². The van der Waals surface area contributed by atoms with E-state index in [1.165, 1.54) is 0 Å². The van der Waals surface area contributed by atoms with Crippen LogP contribution in [0, 0.1) is 17.3 Å². The van der Waals surface area contributed by atoms with E-state index in [0.29, 0.717) is 0 Å². The molecule has 3 nitrogen and oxygen atoms in total. The fraction of sp³-hybridized carbons (Fsp3) is 0.909. The van der Waals surface area contributed by atoms with Gasteiger partial charge < -0.3 is 10.2 Å². The van der Waals surface area contributed by atoms with Gasteiger partial charge in [0.1, 0.15) is 0 Å². The third-order valence-electron chi connectivity index (χ3n) is 3.74. The highest BCUT2D eigenvalue weighted by molar-refractivity contribution is 5.67. The van der Waals surface area contributed by atoms with E-state index in [1.807, 2.05) is 13.8 Å². The van der Waals surface area contributed by atoms with Gasteiger partial charge in [0, 0.05) is 6.42 Å². The summed E-state index contributed by atoms with van der Waals surface area (Å²) in [5.74, 6) is -0.326. The Morgan fingerprint density at radius 3 is 2.29 bits per heavy atom. The maximum absolute atomic E-state index is 10.6. The Morgan fingerprint density at radius 1 is 1.50 bits per heavy atom. The summed E-state index contributed by atoms with van der Waals surface area (Å²) in [6.07, 6.45) is 1.04. The van der Waals surface area contributed by atoms with Crippen molar-refractivity contribution in [1.29, 1.82) is 0 Å². The van der Waals surface area contributed by atoms with Gasteiger partial charge in [-0.15, -0.1) is 0 Å². The van der Waals surface area contributed by atoms with Gasteiger partial charge in [-0.2, -0.15) is 0 Å². The number of carboxylic acids is 1. The zero-order valence-electron chi connectivity index (χ0n) is 9.37. The lowest BCUT2D eigenvalue weighted by Crippen LogP contribution is -2.54. The second kappa shape index (κ2) is 3.23. The summed E-state index contributed by atoms with van der Waals surface area (Å²) in [5.41, 5.74) is -0.755. The van der Waals surface area contributed by atoms with Gasteiger partial charge in [-0.1, -0.05) is 13.8 Å². The van der Waals surface area contributed by atoms with Crippen LogP contribution in [-0.2, 0) is 4.79 Å². The third kappa shape index (κ3) is 1.92. The van der Waals surface area contributed by atoms with E-state index in [9.17, 15) is 9.90 Å². The van der Waals surface area contributed by atoms with Gasteiger partial charge in [0.25, 0.3) is 0 Å². The molecule has 1 fully saturated rings. The molecule has 2 unspecified atom stereocenters. The monoisotopic (exact) mass is 200 g/mol. The molecule has 0 saturated heterocycles. The standard InChI is InChI=1S/C11H20O3/c1-10(2)7(6-9(12)13)5-8(10)11(3,4)14/h7-8,14H,5-6H2,1-4H3,(H,12,13). The summed E-state index contributed by atoms with van der Waals surface area (Å²) in [5, 5.41) is 18.6. The maximum Gasteiger partial charge on any atom is 0.303 e. The average molecular weight is 200 g/mol. The molecule has 0 spiro atoms. The Labute approximate surface area is 85.1 Å². The normalized spacial score (nSPS) is 30.9. The lowest BCUT2D eigenvalue weighted by atomic mass is 9.50. The van der Waals surface area contributed by atoms with Crippen LogP contribution in [0.15, 0.2) is 0 Å². The predicted molar refractivity (Wildman–Crippen MR) is 53.9 cm³/mol. The SMILES string of the molecule is CC(C)(O)C1CC(CC(=O)O)C1(C)C. The highest BCUT2D eigenvalue weighted by Crippen LogP contribution is 2.56. The fourth-order valence-electron chi connectivity index (χ4n) is 2.77. The minimum absolute atomic E-state index is 0.0589. The molecule has 14 heavy (non-hydrogen) atoms. The summed E-state index contributed by atoms with van der Waals surface area (Å²) < 4.78 is 0. The molecule has 0 aliphatic heterocycles. The van der Waals surface area contributed by atoms with Gasteiger partial charge in [-0.05, 0) is 37.5 Å². The van der Waals surface area contributed by atoms with E-state index >= 15 is 0 Å². The van der Waals surface area contributed by atoms with Crippen LogP contribution in [0.25, 0.3) is 0 Å². The Bertz CT molecular complexity index is 237. The molecule has 3 heteroatoms. The number of hydrogen-bond acceptors (Lipinski definition) is 2. The van der Waals surface area contributed by atoms with Crippen molar-refractivity contribution in [2.75, 3.05) is 0 Å². The highest BCUT2D eigenvalue weighted by atomic mass is 16.4. The zero-order chi connectivity index (χ0) is 11.1. The number of carboxylic acid groups (broad SMARTS) is 1. The summed E-state index contributed by atoms with van der Waals surface area (Å²) in [4.78, 5) is 10.6. The van der Waals surface area contributed by atoms with Gasteiger partial charge in [0.2, 0.25) is 0 Å². The minimum Gasteiger partial charge on any atom is -0.481 e. The number of carbonyl (C=O) groups is 1. The van der Waals surface area contributed by atoms with E-state index in [0.717, 1.165) is 6.42 Å². The van der Waals surface area contributed by atoms with Crippen molar-refractivity contribution in [3.63, 3.8) is 0 Å². The predicted octanol–water partition coefficient (Wildman–Crippen LogP) is 1.89. The van der Waals surface area contributed by atoms with E-state index in [2.05, 4.69) is 0 Å². The van der Waals surface area contributed by atoms with Crippen LogP contribution < -0.4 is 0 Å². The number of rotatable bonds is 3. The van der Waals surface area contributed by atoms with Gasteiger partial charge in [-0.3, -0.25) is 4.79 Å². The van der Waals surface area contributed by atoms with Gasteiger partial charge in [-0.25, -0.2) is 0 Å². The highest BCUT2D eigenvalue weighted by Gasteiger charge is 2.53. The van der Waals surface area contributed by atoms with E-state index < -0.39 is 11.6 Å². The first-order valence-electron chi connectivity index (χ1n) is 5.10. The summed E-state index contributed by atoms with van der Waals surface area (Å²) in [6, 6.07) is 0. The van der Waals surface area contributed by atoms with Crippen molar-refractivity contribution >= 4 is 5.97 Å². The topological polar surface area (TPSA) is 57.5 Å². The van der Waals surface area contributed by atoms with Crippen LogP contribution in [0.2, 0.25) is 0 Å². The molecule has 1 aliphatic rings. The first-order valence-corrected chi connectivity index (χ1v) is 5.10. The van der Waals surface area contributed by atoms with E-state index in [-0.39, 0.29) is 23.7 Å². The van der Waals surface area contributed by atoms with Crippen LogP contribution in [0.1, 0.15) is 40.5 Å². The number of aliphatic carboxylic acids is 1. The first kappa shape index (κ1) is 11.5. The average Bonchev–Trinajstić information content (AvgIpc) is 1.94. The number of aliphatic hydroxyl groups is 1. The van der Waals surface area contributed by atoms with Crippen LogP contribution >= 0.6 is 0 Å². The third-order valence-corrected chi connectivity index (χ3v) is 3.74. The summed E-state index contributed by atoms with van der Waals surface area (Å²) in [6.45, 7) is 7.70. The molecular formula is C11H20O3. The molecule has 0 aromatic rings. The Balaban J connectivity index is 2.64.